The highest BCUT2D eigenvalue weighted by Crippen LogP contribution is 2.27. The van der Waals surface area contributed by atoms with Crippen LogP contribution in [0.4, 0.5) is 0 Å². The van der Waals surface area contributed by atoms with Crippen molar-refractivity contribution in [3.05, 3.63) is 126 Å². The van der Waals surface area contributed by atoms with Crippen molar-refractivity contribution in [2.24, 2.45) is 0 Å². The van der Waals surface area contributed by atoms with E-state index in [0.29, 0.717) is 25.4 Å². The second-order valence-corrected chi connectivity index (χ2v) is 9.07. The van der Waals surface area contributed by atoms with E-state index in [1.165, 1.54) is 5.56 Å². The van der Waals surface area contributed by atoms with Gasteiger partial charge in [-0.15, -0.1) is 0 Å². The Morgan fingerprint density at radius 3 is 1.97 bits per heavy atom. The number of carbonyl (C=O) groups is 1. The Morgan fingerprint density at radius 2 is 1.38 bits per heavy atom. The molecule has 4 aromatic carbocycles. The number of carboxylic acid groups (broad SMARTS) is 1. The zero-order valence-electron chi connectivity index (χ0n) is 21.6. The van der Waals surface area contributed by atoms with Gasteiger partial charge in [-0.05, 0) is 66.6 Å². The third kappa shape index (κ3) is 9.13. The average molecular weight is 499 g/mol. The van der Waals surface area contributed by atoms with E-state index >= 15 is 0 Å². The lowest BCUT2D eigenvalue weighted by Crippen LogP contribution is -2.24. The van der Waals surface area contributed by atoms with E-state index in [0.717, 1.165) is 22.8 Å². The lowest BCUT2D eigenvalue weighted by molar-refractivity contribution is 0.0697. The largest absolute Gasteiger partial charge is 0.494 e. The minimum atomic E-state index is -0.879. The van der Waals surface area contributed by atoms with Crippen LogP contribution >= 0.6 is 0 Å². The molecule has 0 heterocycles. The first-order chi connectivity index (χ1) is 17.9. The average Bonchev–Trinajstić information content (AvgIpc) is 2.91. The molecule has 192 valence electrons. The van der Waals surface area contributed by atoms with Gasteiger partial charge < -0.3 is 19.3 Å². The zero-order valence-corrected chi connectivity index (χ0v) is 21.6. The standard InChI is InChI=1S/C25H28O3.C7H6O2/c1-4-27-22-15-13-21(14-16-22)25(2,3)19-26-18-20-9-8-12-24(17-20)28-23-10-6-5-7-11-23;8-7(9)6-4-2-1-3-5-6/h5-17H,4,18-19H2,1-3H3;1-5H,(H,8,9). The summed E-state index contributed by atoms with van der Waals surface area (Å²) in [5.41, 5.74) is 2.58. The lowest BCUT2D eigenvalue weighted by Gasteiger charge is -2.25. The molecule has 0 fully saturated rings. The van der Waals surface area contributed by atoms with Gasteiger partial charge in [0.2, 0.25) is 0 Å². The predicted molar refractivity (Wildman–Crippen MR) is 147 cm³/mol. The first kappa shape index (κ1) is 27.5. The Labute approximate surface area is 219 Å². The summed E-state index contributed by atoms with van der Waals surface area (Å²) >= 11 is 0. The summed E-state index contributed by atoms with van der Waals surface area (Å²) < 4.78 is 17.5. The minimum absolute atomic E-state index is 0.0805. The molecule has 0 amide bonds. The van der Waals surface area contributed by atoms with Gasteiger partial charge in [0, 0.05) is 5.41 Å². The van der Waals surface area contributed by atoms with Crippen LogP contribution in [0.15, 0.2) is 109 Å². The van der Waals surface area contributed by atoms with Crippen molar-refractivity contribution in [1.29, 1.82) is 0 Å². The van der Waals surface area contributed by atoms with Gasteiger partial charge >= 0.3 is 5.97 Å². The van der Waals surface area contributed by atoms with E-state index in [-0.39, 0.29) is 5.41 Å². The van der Waals surface area contributed by atoms with Crippen molar-refractivity contribution < 1.29 is 24.1 Å². The van der Waals surface area contributed by atoms with Gasteiger partial charge in [0.1, 0.15) is 17.2 Å². The molecule has 4 rings (SSSR count). The van der Waals surface area contributed by atoms with Crippen LogP contribution in [-0.4, -0.2) is 24.3 Å². The second-order valence-electron chi connectivity index (χ2n) is 9.07. The van der Waals surface area contributed by atoms with Crippen molar-refractivity contribution in [3.63, 3.8) is 0 Å². The minimum Gasteiger partial charge on any atom is -0.494 e. The van der Waals surface area contributed by atoms with E-state index in [9.17, 15) is 4.79 Å². The van der Waals surface area contributed by atoms with Crippen LogP contribution < -0.4 is 9.47 Å². The molecule has 0 spiro atoms. The molecule has 37 heavy (non-hydrogen) atoms. The van der Waals surface area contributed by atoms with Gasteiger partial charge in [-0.3, -0.25) is 0 Å². The third-order valence-electron chi connectivity index (χ3n) is 5.58. The Kier molecular flexibility index (Phi) is 10.3. The van der Waals surface area contributed by atoms with Gasteiger partial charge in [-0.25, -0.2) is 4.79 Å². The third-order valence-corrected chi connectivity index (χ3v) is 5.58. The molecule has 0 saturated carbocycles. The summed E-state index contributed by atoms with van der Waals surface area (Å²) in [4.78, 5) is 10.2. The molecular formula is C32H34O5. The van der Waals surface area contributed by atoms with Crippen molar-refractivity contribution in [3.8, 4) is 17.2 Å². The van der Waals surface area contributed by atoms with Crippen molar-refractivity contribution in [1.82, 2.24) is 0 Å². The summed E-state index contributed by atoms with van der Waals surface area (Å²) in [5.74, 6) is 1.67. The van der Waals surface area contributed by atoms with Crippen molar-refractivity contribution in [2.45, 2.75) is 32.8 Å². The maximum absolute atomic E-state index is 10.2. The van der Waals surface area contributed by atoms with E-state index in [4.69, 9.17) is 19.3 Å². The molecule has 1 N–H and O–H groups in total. The number of ether oxygens (including phenoxy) is 3. The number of hydrogen-bond acceptors (Lipinski definition) is 4. The van der Waals surface area contributed by atoms with Crippen LogP contribution in [0.1, 0.15) is 42.3 Å². The summed E-state index contributed by atoms with van der Waals surface area (Å²) in [6.07, 6.45) is 0. The lowest BCUT2D eigenvalue weighted by atomic mass is 9.85. The van der Waals surface area contributed by atoms with Crippen LogP contribution in [0.2, 0.25) is 0 Å². The first-order valence-electron chi connectivity index (χ1n) is 12.3. The summed E-state index contributed by atoms with van der Waals surface area (Å²) in [7, 11) is 0. The molecule has 0 aliphatic rings. The zero-order chi connectivity index (χ0) is 26.5. The van der Waals surface area contributed by atoms with Gasteiger partial charge in [-0.2, -0.15) is 0 Å². The Hall–Kier alpha value is -4.09. The molecular weight excluding hydrogens is 464 g/mol. The molecule has 0 atom stereocenters. The monoisotopic (exact) mass is 498 g/mol. The van der Waals surface area contributed by atoms with Crippen LogP contribution in [-0.2, 0) is 16.8 Å². The van der Waals surface area contributed by atoms with Crippen LogP contribution in [0.25, 0.3) is 0 Å². The molecule has 0 saturated heterocycles. The fraction of sp³-hybridized carbons (Fsp3) is 0.219. The highest BCUT2D eigenvalue weighted by Gasteiger charge is 2.21. The number of rotatable bonds is 10. The molecule has 0 radical (unpaired) electrons. The van der Waals surface area contributed by atoms with Crippen molar-refractivity contribution >= 4 is 5.97 Å². The summed E-state index contributed by atoms with van der Waals surface area (Å²) in [6, 6.07) is 34.4. The molecule has 4 aromatic rings. The fourth-order valence-electron chi connectivity index (χ4n) is 3.58. The SMILES string of the molecule is CCOc1ccc(C(C)(C)COCc2cccc(Oc3ccccc3)c2)cc1.O=C(O)c1ccccc1. The Bertz CT molecular complexity index is 1220. The van der Waals surface area contributed by atoms with Gasteiger partial charge in [0.05, 0.1) is 25.4 Å². The van der Waals surface area contributed by atoms with Crippen molar-refractivity contribution in [2.75, 3.05) is 13.2 Å². The quantitative estimate of drug-likeness (QED) is 0.242. The van der Waals surface area contributed by atoms with Gasteiger partial charge in [-0.1, -0.05) is 74.5 Å². The van der Waals surface area contributed by atoms with E-state index in [1.807, 2.05) is 67.6 Å². The number of para-hydroxylation sites is 1. The molecule has 0 aliphatic heterocycles. The van der Waals surface area contributed by atoms with E-state index in [2.05, 4.69) is 32.0 Å². The van der Waals surface area contributed by atoms with Gasteiger partial charge in [0.15, 0.2) is 0 Å². The maximum Gasteiger partial charge on any atom is 0.335 e. The topological polar surface area (TPSA) is 65.0 Å². The van der Waals surface area contributed by atoms with Crippen LogP contribution in [0.3, 0.4) is 0 Å². The normalized spacial score (nSPS) is 10.7. The fourth-order valence-corrected chi connectivity index (χ4v) is 3.58. The molecule has 0 unspecified atom stereocenters. The second kappa shape index (κ2) is 13.9. The van der Waals surface area contributed by atoms with Crippen LogP contribution in [0.5, 0.6) is 17.2 Å². The first-order valence-corrected chi connectivity index (χ1v) is 12.3. The highest BCUT2D eigenvalue weighted by molar-refractivity contribution is 5.87. The maximum atomic E-state index is 10.2. The number of benzene rings is 4. The van der Waals surface area contributed by atoms with E-state index < -0.39 is 5.97 Å². The van der Waals surface area contributed by atoms with Crippen LogP contribution in [0, 0.1) is 0 Å². The summed E-state index contributed by atoms with van der Waals surface area (Å²) in [5, 5.41) is 8.38. The predicted octanol–water partition coefficient (Wildman–Crippen LogP) is 7.76. The smallest absolute Gasteiger partial charge is 0.335 e. The number of carboxylic acids is 1. The number of hydrogen-bond donors (Lipinski definition) is 1. The molecule has 0 aromatic heterocycles. The molecule has 5 nitrogen and oxygen atoms in total. The highest BCUT2D eigenvalue weighted by atomic mass is 16.5. The Balaban J connectivity index is 0.000000356. The molecule has 5 heteroatoms. The molecule has 0 aliphatic carbocycles. The van der Waals surface area contributed by atoms with Gasteiger partial charge in [0.25, 0.3) is 0 Å². The molecule has 0 bridgehead atoms. The van der Waals surface area contributed by atoms with E-state index in [1.54, 1.807) is 30.3 Å². The summed E-state index contributed by atoms with van der Waals surface area (Å²) in [6.45, 7) is 8.23. The number of aromatic carboxylic acids is 1. The Morgan fingerprint density at radius 1 is 0.757 bits per heavy atom.